The van der Waals surface area contributed by atoms with E-state index in [4.69, 9.17) is 0 Å². The van der Waals surface area contributed by atoms with Crippen molar-refractivity contribution < 1.29 is 0 Å². The molecule has 0 aliphatic carbocycles. The van der Waals surface area contributed by atoms with Crippen molar-refractivity contribution in [1.29, 1.82) is 0 Å². The lowest BCUT2D eigenvalue weighted by atomic mass is 10.1. The van der Waals surface area contributed by atoms with Crippen LogP contribution in [0.2, 0.25) is 0 Å². The lowest BCUT2D eigenvalue weighted by Gasteiger charge is -2.26. The van der Waals surface area contributed by atoms with Crippen LogP contribution in [0, 0.1) is 6.92 Å². The Balaban J connectivity index is 2.05. The molecule has 1 atom stereocenters. The van der Waals surface area contributed by atoms with Crippen molar-refractivity contribution in [2.75, 3.05) is 37.4 Å². The van der Waals surface area contributed by atoms with Crippen LogP contribution in [0.3, 0.4) is 0 Å². The zero-order valence-electron chi connectivity index (χ0n) is 11.1. The molecule has 94 valence electrons. The maximum absolute atomic E-state index is 3.63. The predicted octanol–water partition coefficient (Wildman–Crippen LogP) is 2.22. The molecule has 0 amide bonds. The van der Waals surface area contributed by atoms with Gasteiger partial charge in [-0.15, -0.1) is 0 Å². The van der Waals surface area contributed by atoms with Crippen molar-refractivity contribution in [2.45, 2.75) is 25.8 Å². The van der Waals surface area contributed by atoms with Gasteiger partial charge in [-0.2, -0.15) is 0 Å². The molecular weight excluding hydrogens is 210 g/mol. The Hall–Kier alpha value is -1.22. The van der Waals surface area contributed by atoms with Gasteiger partial charge < -0.3 is 15.5 Å². The first-order valence-corrected chi connectivity index (χ1v) is 6.42. The molecule has 3 heteroatoms. The second-order valence-electron chi connectivity index (χ2n) is 5.08. The minimum atomic E-state index is 0.577. The quantitative estimate of drug-likeness (QED) is 0.838. The van der Waals surface area contributed by atoms with Gasteiger partial charge in [-0.3, -0.25) is 0 Å². The number of nitrogens with zero attached hydrogens (tertiary/aromatic N) is 1. The first-order valence-electron chi connectivity index (χ1n) is 6.42. The molecule has 1 aliphatic heterocycles. The summed E-state index contributed by atoms with van der Waals surface area (Å²) in [7, 11) is 4.15. The van der Waals surface area contributed by atoms with E-state index >= 15 is 0 Å². The van der Waals surface area contributed by atoms with E-state index in [1.54, 1.807) is 0 Å². The number of piperidine rings is 1. The van der Waals surface area contributed by atoms with Gasteiger partial charge in [0.05, 0.1) is 0 Å². The topological polar surface area (TPSA) is 27.3 Å². The Morgan fingerprint density at radius 3 is 2.76 bits per heavy atom. The number of aryl methyl sites for hydroxylation is 1. The molecule has 2 N–H and O–H groups in total. The molecule has 1 saturated heterocycles. The summed E-state index contributed by atoms with van der Waals surface area (Å²) in [6.45, 7) is 4.41. The van der Waals surface area contributed by atoms with Gasteiger partial charge in [-0.25, -0.2) is 0 Å². The number of anilines is 2. The van der Waals surface area contributed by atoms with Gasteiger partial charge in [0.15, 0.2) is 0 Å². The highest BCUT2D eigenvalue weighted by molar-refractivity contribution is 5.60. The summed E-state index contributed by atoms with van der Waals surface area (Å²) in [5.41, 5.74) is 3.85. The SMILES string of the molecule is Cc1cc(N(C)C)ccc1NC1CCCNC1. The number of nitrogens with one attached hydrogen (secondary N) is 2. The molecule has 1 aromatic rings. The van der Waals surface area contributed by atoms with Crippen LogP contribution in [0.25, 0.3) is 0 Å². The Morgan fingerprint density at radius 2 is 2.18 bits per heavy atom. The van der Waals surface area contributed by atoms with E-state index in [0.29, 0.717) is 6.04 Å². The summed E-state index contributed by atoms with van der Waals surface area (Å²) < 4.78 is 0. The minimum absolute atomic E-state index is 0.577. The van der Waals surface area contributed by atoms with E-state index in [-0.39, 0.29) is 0 Å². The number of benzene rings is 1. The van der Waals surface area contributed by atoms with Gasteiger partial charge in [0.25, 0.3) is 0 Å². The van der Waals surface area contributed by atoms with Crippen LogP contribution in [0.4, 0.5) is 11.4 Å². The smallest absolute Gasteiger partial charge is 0.0386 e. The highest BCUT2D eigenvalue weighted by atomic mass is 15.1. The van der Waals surface area contributed by atoms with Crippen molar-refractivity contribution in [3.05, 3.63) is 23.8 Å². The Bertz CT molecular complexity index is 368. The van der Waals surface area contributed by atoms with Crippen LogP contribution in [-0.4, -0.2) is 33.2 Å². The van der Waals surface area contributed by atoms with Crippen LogP contribution < -0.4 is 15.5 Å². The molecule has 0 spiro atoms. The van der Waals surface area contributed by atoms with Gasteiger partial charge in [0.1, 0.15) is 0 Å². The third kappa shape index (κ3) is 3.13. The minimum Gasteiger partial charge on any atom is -0.381 e. The zero-order chi connectivity index (χ0) is 12.3. The normalized spacial score (nSPS) is 20.1. The first-order chi connectivity index (χ1) is 8.16. The summed E-state index contributed by atoms with van der Waals surface area (Å²) in [5, 5.41) is 7.07. The maximum atomic E-state index is 3.63. The van der Waals surface area contributed by atoms with Crippen molar-refractivity contribution in [1.82, 2.24) is 5.32 Å². The summed E-state index contributed by atoms with van der Waals surface area (Å²) in [6, 6.07) is 7.18. The van der Waals surface area contributed by atoms with E-state index < -0.39 is 0 Å². The Morgan fingerprint density at radius 1 is 1.35 bits per heavy atom. The molecule has 0 saturated carbocycles. The van der Waals surface area contributed by atoms with Crippen molar-refractivity contribution in [2.24, 2.45) is 0 Å². The molecule has 0 radical (unpaired) electrons. The number of hydrogen-bond donors (Lipinski definition) is 2. The lowest BCUT2D eigenvalue weighted by molar-refractivity contribution is 0.480. The standard InChI is InChI=1S/C14H23N3/c1-11-9-13(17(2)3)6-7-14(11)16-12-5-4-8-15-10-12/h6-7,9,12,15-16H,4-5,8,10H2,1-3H3. The molecule has 1 fully saturated rings. The Kier molecular flexibility index (Phi) is 3.89. The van der Waals surface area contributed by atoms with Gasteiger partial charge in [0.2, 0.25) is 0 Å². The van der Waals surface area contributed by atoms with Crippen LogP contribution in [0.15, 0.2) is 18.2 Å². The Labute approximate surface area is 104 Å². The summed E-state index contributed by atoms with van der Waals surface area (Å²) >= 11 is 0. The van der Waals surface area contributed by atoms with E-state index in [1.165, 1.54) is 29.8 Å². The van der Waals surface area contributed by atoms with Crippen LogP contribution >= 0.6 is 0 Å². The summed E-state index contributed by atoms with van der Waals surface area (Å²) in [5.74, 6) is 0. The highest BCUT2D eigenvalue weighted by Crippen LogP contribution is 2.22. The molecule has 1 heterocycles. The highest BCUT2D eigenvalue weighted by Gasteiger charge is 2.13. The molecule has 1 aromatic carbocycles. The number of hydrogen-bond acceptors (Lipinski definition) is 3. The van der Waals surface area contributed by atoms with Crippen molar-refractivity contribution in [3.63, 3.8) is 0 Å². The molecule has 3 nitrogen and oxygen atoms in total. The van der Waals surface area contributed by atoms with Crippen molar-refractivity contribution in [3.8, 4) is 0 Å². The second kappa shape index (κ2) is 5.41. The van der Waals surface area contributed by atoms with Crippen LogP contribution in [0.5, 0.6) is 0 Å². The molecule has 1 aliphatic rings. The summed E-state index contributed by atoms with van der Waals surface area (Å²) in [4.78, 5) is 2.14. The van der Waals surface area contributed by atoms with E-state index in [9.17, 15) is 0 Å². The average molecular weight is 233 g/mol. The van der Waals surface area contributed by atoms with E-state index in [0.717, 1.165) is 13.1 Å². The van der Waals surface area contributed by atoms with Gasteiger partial charge >= 0.3 is 0 Å². The molecule has 1 unspecified atom stereocenters. The monoisotopic (exact) mass is 233 g/mol. The first kappa shape index (κ1) is 12.2. The lowest BCUT2D eigenvalue weighted by Crippen LogP contribution is -2.38. The molecule has 2 rings (SSSR count). The third-order valence-electron chi connectivity index (χ3n) is 3.38. The zero-order valence-corrected chi connectivity index (χ0v) is 11.1. The fourth-order valence-corrected chi connectivity index (χ4v) is 2.28. The van der Waals surface area contributed by atoms with E-state index in [2.05, 4.69) is 54.8 Å². The predicted molar refractivity (Wildman–Crippen MR) is 75.0 cm³/mol. The fourth-order valence-electron chi connectivity index (χ4n) is 2.28. The molecular formula is C14H23N3. The third-order valence-corrected chi connectivity index (χ3v) is 3.38. The van der Waals surface area contributed by atoms with Gasteiger partial charge in [-0.05, 0) is 50.1 Å². The molecule has 17 heavy (non-hydrogen) atoms. The van der Waals surface area contributed by atoms with Crippen molar-refractivity contribution >= 4 is 11.4 Å². The largest absolute Gasteiger partial charge is 0.381 e. The van der Waals surface area contributed by atoms with Crippen LogP contribution in [-0.2, 0) is 0 Å². The summed E-state index contributed by atoms with van der Waals surface area (Å²) in [6.07, 6.45) is 2.54. The van der Waals surface area contributed by atoms with Gasteiger partial charge in [0, 0.05) is 38.1 Å². The average Bonchev–Trinajstić information content (AvgIpc) is 2.33. The van der Waals surface area contributed by atoms with E-state index in [1.807, 2.05) is 0 Å². The van der Waals surface area contributed by atoms with Crippen LogP contribution in [0.1, 0.15) is 18.4 Å². The maximum Gasteiger partial charge on any atom is 0.0386 e. The fraction of sp³-hybridized carbons (Fsp3) is 0.571. The molecule has 0 bridgehead atoms. The number of rotatable bonds is 3. The molecule has 0 aromatic heterocycles. The second-order valence-corrected chi connectivity index (χ2v) is 5.08. The van der Waals surface area contributed by atoms with Gasteiger partial charge in [-0.1, -0.05) is 0 Å².